The Morgan fingerprint density at radius 3 is 2.92 bits per heavy atom. The Labute approximate surface area is 216 Å². The molecule has 1 aliphatic carbocycles. The zero-order chi connectivity index (χ0) is 25.8. The van der Waals surface area contributed by atoms with E-state index in [1.54, 1.807) is 30.3 Å². The second-order valence-corrected chi connectivity index (χ2v) is 9.73. The van der Waals surface area contributed by atoms with Crippen LogP contribution in [-0.4, -0.2) is 46.8 Å². The third-order valence-electron chi connectivity index (χ3n) is 7.15. The third-order valence-corrected chi connectivity index (χ3v) is 7.15. The number of methoxy groups -OCH3 is 1. The summed E-state index contributed by atoms with van der Waals surface area (Å²) in [5, 5.41) is 17.0. The fourth-order valence-corrected chi connectivity index (χ4v) is 5.03. The highest BCUT2D eigenvalue weighted by Crippen LogP contribution is 2.51. The van der Waals surface area contributed by atoms with Gasteiger partial charge in [-0.2, -0.15) is 10.4 Å². The van der Waals surface area contributed by atoms with Gasteiger partial charge in [0.05, 0.1) is 18.7 Å². The summed E-state index contributed by atoms with van der Waals surface area (Å²) >= 11 is 0. The van der Waals surface area contributed by atoms with Gasteiger partial charge in [-0.15, -0.1) is 0 Å². The van der Waals surface area contributed by atoms with Gasteiger partial charge in [-0.1, -0.05) is 24.3 Å². The molecule has 1 N–H and O–H groups in total. The lowest BCUT2D eigenvalue weighted by molar-refractivity contribution is -0.123. The van der Waals surface area contributed by atoms with Crippen molar-refractivity contribution in [3.8, 4) is 17.2 Å². The number of nitrogens with zero attached hydrogens (tertiary/aromatic N) is 5. The molecule has 1 saturated heterocycles. The number of carbonyl (C=O) groups excluding carboxylic acids is 2. The number of carbonyl (C=O) groups is 2. The van der Waals surface area contributed by atoms with E-state index in [9.17, 15) is 14.9 Å². The summed E-state index contributed by atoms with van der Waals surface area (Å²) in [5.74, 6) is 0.204. The number of benzene rings is 1. The van der Waals surface area contributed by atoms with Gasteiger partial charge in [-0.3, -0.25) is 14.3 Å². The minimum absolute atomic E-state index is 0.139. The normalized spacial score (nSPS) is 19.1. The molecular formula is C28H30N6O3. The largest absolute Gasteiger partial charge is 0.385 e. The molecular weight excluding hydrogens is 468 g/mol. The summed E-state index contributed by atoms with van der Waals surface area (Å²) in [6.45, 7) is 1.96. The van der Waals surface area contributed by atoms with E-state index in [0.717, 1.165) is 42.5 Å². The van der Waals surface area contributed by atoms with Crippen molar-refractivity contribution >= 4 is 23.3 Å². The Kier molecular flexibility index (Phi) is 7.01. The summed E-state index contributed by atoms with van der Waals surface area (Å²) in [5.41, 5.74) is 2.60. The first kappa shape index (κ1) is 24.7. The van der Waals surface area contributed by atoms with Crippen LogP contribution in [0.2, 0.25) is 0 Å². The van der Waals surface area contributed by atoms with Crippen LogP contribution in [0.5, 0.6) is 0 Å². The van der Waals surface area contributed by atoms with E-state index in [-0.39, 0.29) is 24.2 Å². The van der Waals surface area contributed by atoms with E-state index in [1.165, 1.54) is 0 Å². The molecule has 0 bridgehead atoms. The Balaban J connectivity index is 1.22. The van der Waals surface area contributed by atoms with Crippen LogP contribution in [0.15, 0.2) is 55.0 Å². The van der Waals surface area contributed by atoms with Crippen molar-refractivity contribution in [2.75, 3.05) is 30.5 Å². The lowest BCUT2D eigenvalue weighted by Crippen LogP contribution is -2.35. The average Bonchev–Trinajstić information content (AvgIpc) is 3.55. The maximum absolute atomic E-state index is 13.1. The summed E-state index contributed by atoms with van der Waals surface area (Å²) in [6.07, 6.45) is 8.87. The molecule has 0 spiro atoms. The fraction of sp³-hybridized carbons (Fsp3) is 0.393. The fourth-order valence-electron chi connectivity index (χ4n) is 5.03. The number of rotatable bonds is 10. The van der Waals surface area contributed by atoms with Crippen LogP contribution < -0.4 is 10.2 Å². The van der Waals surface area contributed by atoms with Crippen LogP contribution >= 0.6 is 0 Å². The highest BCUT2D eigenvalue weighted by atomic mass is 16.5. The van der Waals surface area contributed by atoms with E-state index < -0.39 is 5.41 Å². The van der Waals surface area contributed by atoms with Gasteiger partial charge in [0.1, 0.15) is 11.2 Å². The molecule has 0 unspecified atom stereocenters. The standard InChI is InChI=1S/C28H30N6O3/c1-37-13-3-11-33-18-22(17-31-33)21-5-2-4-20(14-21)15-26(35)32-25-16-24(8-10-30-25)34-12-9-28(19-29,27(34)36)23-6-7-23/h2,4-5,8,10,14,16-18,23H,3,6-7,9,11-13,15H2,1H3,(H,30,32,35)/t28-/m1/s1. The molecule has 2 fully saturated rings. The van der Waals surface area contributed by atoms with Crippen LogP contribution in [-0.2, 0) is 27.3 Å². The molecule has 2 amide bonds. The van der Waals surface area contributed by atoms with Crippen LogP contribution in [0.4, 0.5) is 11.5 Å². The number of aryl methyl sites for hydroxylation is 1. The predicted octanol–water partition coefficient (Wildman–Crippen LogP) is 3.82. The summed E-state index contributed by atoms with van der Waals surface area (Å²) in [6, 6.07) is 13.6. The number of hydrogen-bond donors (Lipinski definition) is 1. The number of aromatic nitrogens is 3. The van der Waals surface area contributed by atoms with E-state index in [2.05, 4.69) is 21.5 Å². The number of ether oxygens (including phenoxy) is 1. The number of pyridine rings is 1. The van der Waals surface area contributed by atoms with Gasteiger partial charge in [0.2, 0.25) is 11.8 Å². The van der Waals surface area contributed by atoms with Gasteiger partial charge < -0.3 is 15.0 Å². The molecule has 9 heteroatoms. The van der Waals surface area contributed by atoms with Crippen LogP contribution in [0.1, 0.15) is 31.2 Å². The number of hydrogen-bond acceptors (Lipinski definition) is 6. The van der Waals surface area contributed by atoms with Gasteiger partial charge >= 0.3 is 0 Å². The lowest BCUT2D eigenvalue weighted by atomic mass is 9.83. The van der Waals surface area contributed by atoms with Crippen molar-refractivity contribution in [3.05, 3.63) is 60.6 Å². The van der Waals surface area contributed by atoms with E-state index in [4.69, 9.17) is 4.74 Å². The monoisotopic (exact) mass is 498 g/mol. The van der Waals surface area contributed by atoms with Gasteiger partial charge in [0.15, 0.2) is 0 Å². The molecule has 0 radical (unpaired) electrons. The predicted molar refractivity (Wildman–Crippen MR) is 138 cm³/mol. The number of nitrogens with one attached hydrogen (secondary N) is 1. The Bertz CT molecular complexity index is 1340. The molecule has 1 aliphatic heterocycles. The molecule has 1 aromatic carbocycles. The highest BCUT2D eigenvalue weighted by Gasteiger charge is 2.56. The molecule has 190 valence electrons. The van der Waals surface area contributed by atoms with Crippen molar-refractivity contribution in [1.82, 2.24) is 14.8 Å². The molecule has 37 heavy (non-hydrogen) atoms. The molecule has 5 rings (SSSR count). The molecule has 1 atom stereocenters. The molecule has 2 aliphatic rings. The van der Waals surface area contributed by atoms with Crippen molar-refractivity contribution in [2.24, 2.45) is 11.3 Å². The molecule has 3 heterocycles. The molecule has 1 saturated carbocycles. The lowest BCUT2D eigenvalue weighted by Gasteiger charge is -2.21. The van der Waals surface area contributed by atoms with E-state index >= 15 is 0 Å². The summed E-state index contributed by atoms with van der Waals surface area (Å²) in [4.78, 5) is 31.9. The number of amides is 2. The van der Waals surface area contributed by atoms with Crippen LogP contribution in [0, 0.1) is 22.7 Å². The summed E-state index contributed by atoms with van der Waals surface area (Å²) in [7, 11) is 1.69. The van der Waals surface area contributed by atoms with E-state index in [1.807, 2.05) is 41.3 Å². The maximum Gasteiger partial charge on any atom is 0.247 e. The highest BCUT2D eigenvalue weighted by molar-refractivity contribution is 6.02. The van der Waals surface area contributed by atoms with Gasteiger partial charge in [-0.05, 0) is 48.8 Å². The third kappa shape index (κ3) is 5.25. The van der Waals surface area contributed by atoms with Crippen LogP contribution in [0.25, 0.3) is 11.1 Å². The zero-order valence-electron chi connectivity index (χ0n) is 20.9. The SMILES string of the molecule is COCCCn1cc(-c2cccc(CC(=O)Nc3cc(N4CC[C@@](C#N)(C5CC5)C4=O)ccn3)c2)cn1. The minimum atomic E-state index is -0.905. The number of nitriles is 1. The quantitative estimate of drug-likeness (QED) is 0.425. The molecule has 9 nitrogen and oxygen atoms in total. The van der Waals surface area contributed by atoms with Gasteiger partial charge in [0.25, 0.3) is 0 Å². The molecule has 3 aromatic rings. The average molecular weight is 499 g/mol. The second-order valence-electron chi connectivity index (χ2n) is 9.73. The Morgan fingerprint density at radius 1 is 1.27 bits per heavy atom. The van der Waals surface area contributed by atoms with Crippen molar-refractivity contribution in [3.63, 3.8) is 0 Å². The number of anilines is 2. The van der Waals surface area contributed by atoms with Gasteiger partial charge in [0, 0.05) is 56.5 Å². The van der Waals surface area contributed by atoms with Crippen molar-refractivity contribution in [1.29, 1.82) is 5.26 Å². The van der Waals surface area contributed by atoms with Crippen molar-refractivity contribution < 1.29 is 14.3 Å². The smallest absolute Gasteiger partial charge is 0.247 e. The summed E-state index contributed by atoms with van der Waals surface area (Å²) < 4.78 is 6.99. The van der Waals surface area contributed by atoms with Gasteiger partial charge in [-0.25, -0.2) is 4.98 Å². The first-order valence-corrected chi connectivity index (χ1v) is 12.6. The van der Waals surface area contributed by atoms with E-state index in [0.29, 0.717) is 31.1 Å². The molecule has 2 aromatic heterocycles. The van der Waals surface area contributed by atoms with Crippen molar-refractivity contribution in [2.45, 2.75) is 38.6 Å². The maximum atomic E-state index is 13.1. The minimum Gasteiger partial charge on any atom is -0.385 e. The Hall–Kier alpha value is -4.03. The zero-order valence-corrected chi connectivity index (χ0v) is 20.9. The topological polar surface area (TPSA) is 113 Å². The van der Waals surface area contributed by atoms with Crippen LogP contribution in [0.3, 0.4) is 0 Å². The second kappa shape index (κ2) is 10.5. The Morgan fingerprint density at radius 2 is 2.14 bits per heavy atom. The first-order valence-electron chi connectivity index (χ1n) is 12.6. The first-order chi connectivity index (χ1) is 18.0.